The van der Waals surface area contributed by atoms with E-state index in [9.17, 15) is 20.2 Å². The summed E-state index contributed by atoms with van der Waals surface area (Å²) in [6, 6.07) is 7.26. The van der Waals surface area contributed by atoms with Crippen LogP contribution in [0.25, 0.3) is 0 Å². The van der Waals surface area contributed by atoms with Crippen molar-refractivity contribution < 1.29 is 9.85 Å². The zero-order valence-corrected chi connectivity index (χ0v) is 11.3. The molecule has 0 radical (unpaired) electrons. The van der Waals surface area contributed by atoms with Crippen molar-refractivity contribution in [1.82, 2.24) is 0 Å². The lowest BCUT2D eigenvalue weighted by Gasteiger charge is -2.13. The van der Waals surface area contributed by atoms with E-state index < -0.39 is 9.85 Å². The molecule has 1 unspecified atom stereocenters. The molecule has 8 heteroatoms. The fourth-order valence-corrected chi connectivity index (χ4v) is 2.48. The van der Waals surface area contributed by atoms with Crippen LogP contribution >= 0.6 is 11.3 Å². The van der Waals surface area contributed by atoms with Crippen LogP contribution in [0.2, 0.25) is 0 Å². The van der Waals surface area contributed by atoms with E-state index in [0.29, 0.717) is 0 Å². The van der Waals surface area contributed by atoms with Crippen LogP contribution < -0.4 is 5.32 Å². The predicted molar refractivity (Wildman–Crippen MR) is 76.1 cm³/mol. The Bertz CT molecular complexity index is 642. The summed E-state index contributed by atoms with van der Waals surface area (Å²) >= 11 is 1.53. The molecule has 0 amide bonds. The Labute approximate surface area is 118 Å². The lowest BCUT2D eigenvalue weighted by molar-refractivity contribution is -0.393. The van der Waals surface area contributed by atoms with E-state index in [-0.39, 0.29) is 23.1 Å². The van der Waals surface area contributed by atoms with Crippen LogP contribution in [0.4, 0.5) is 17.1 Å². The third-order valence-electron chi connectivity index (χ3n) is 2.73. The minimum absolute atomic E-state index is 0.116. The number of thiophene rings is 1. The summed E-state index contributed by atoms with van der Waals surface area (Å²) in [6.45, 7) is 1.87. The number of rotatable bonds is 5. The molecule has 2 aromatic rings. The average molecular weight is 293 g/mol. The third-order valence-corrected chi connectivity index (χ3v) is 3.79. The zero-order valence-electron chi connectivity index (χ0n) is 10.5. The summed E-state index contributed by atoms with van der Waals surface area (Å²) in [5, 5.41) is 26.6. The van der Waals surface area contributed by atoms with E-state index in [1.165, 1.54) is 23.5 Å². The van der Waals surface area contributed by atoms with Gasteiger partial charge in [0.2, 0.25) is 0 Å². The number of benzene rings is 1. The van der Waals surface area contributed by atoms with Gasteiger partial charge in [0.05, 0.1) is 22.0 Å². The first kappa shape index (κ1) is 13.9. The Balaban J connectivity index is 2.31. The smallest absolute Gasteiger partial charge is 0.299 e. The molecule has 0 spiro atoms. The van der Waals surface area contributed by atoms with E-state index in [2.05, 4.69) is 5.32 Å². The minimum Gasteiger partial charge on any atom is -0.372 e. The molecule has 104 valence electrons. The second kappa shape index (κ2) is 5.66. The lowest BCUT2D eigenvalue weighted by Crippen LogP contribution is -2.07. The van der Waals surface area contributed by atoms with Crippen molar-refractivity contribution in [2.45, 2.75) is 13.0 Å². The SMILES string of the molecule is CC(Nc1ccc([N+](=O)[O-])cc1[N+](=O)[O-])c1cccs1. The second-order valence-corrected chi connectivity index (χ2v) is 5.08. The largest absolute Gasteiger partial charge is 0.372 e. The number of hydrogen-bond acceptors (Lipinski definition) is 6. The van der Waals surface area contributed by atoms with Crippen molar-refractivity contribution in [3.63, 3.8) is 0 Å². The van der Waals surface area contributed by atoms with E-state index in [1.807, 2.05) is 24.4 Å². The highest BCUT2D eigenvalue weighted by Gasteiger charge is 2.20. The Morgan fingerprint density at radius 1 is 1.20 bits per heavy atom. The van der Waals surface area contributed by atoms with Crippen molar-refractivity contribution in [2.24, 2.45) is 0 Å². The van der Waals surface area contributed by atoms with Gasteiger partial charge in [0.25, 0.3) is 11.4 Å². The maximum atomic E-state index is 11.0. The van der Waals surface area contributed by atoms with Crippen LogP contribution in [0.1, 0.15) is 17.8 Å². The summed E-state index contributed by atoms with van der Waals surface area (Å²) in [7, 11) is 0. The van der Waals surface area contributed by atoms with Gasteiger partial charge in [-0.3, -0.25) is 20.2 Å². The van der Waals surface area contributed by atoms with E-state index >= 15 is 0 Å². The molecule has 1 heterocycles. The molecule has 0 saturated heterocycles. The van der Waals surface area contributed by atoms with Crippen LogP contribution in [0.5, 0.6) is 0 Å². The third kappa shape index (κ3) is 2.91. The molecule has 20 heavy (non-hydrogen) atoms. The molecule has 1 aromatic carbocycles. The zero-order chi connectivity index (χ0) is 14.7. The standard InChI is InChI=1S/C12H11N3O4S/c1-8(12-3-2-6-20-12)13-10-5-4-9(14(16)17)7-11(10)15(18)19/h2-8,13H,1H3. The summed E-state index contributed by atoms with van der Waals surface area (Å²) < 4.78 is 0. The number of nitrogens with one attached hydrogen (secondary N) is 1. The number of nitro groups is 2. The van der Waals surface area contributed by atoms with Gasteiger partial charge in [0.15, 0.2) is 0 Å². The maximum Gasteiger partial charge on any atom is 0.299 e. The van der Waals surface area contributed by atoms with E-state index in [1.54, 1.807) is 0 Å². The van der Waals surface area contributed by atoms with Crippen LogP contribution in [-0.2, 0) is 0 Å². The van der Waals surface area contributed by atoms with Gasteiger partial charge in [-0.15, -0.1) is 11.3 Å². The Morgan fingerprint density at radius 2 is 1.95 bits per heavy atom. The van der Waals surface area contributed by atoms with Gasteiger partial charge in [-0.05, 0) is 24.4 Å². The highest BCUT2D eigenvalue weighted by Crippen LogP contribution is 2.32. The number of nitro benzene ring substituents is 2. The van der Waals surface area contributed by atoms with Crippen LogP contribution in [0.15, 0.2) is 35.7 Å². The molecule has 0 saturated carbocycles. The summed E-state index contributed by atoms with van der Waals surface area (Å²) in [6.07, 6.45) is 0. The maximum absolute atomic E-state index is 11.0. The molecule has 0 aliphatic carbocycles. The highest BCUT2D eigenvalue weighted by molar-refractivity contribution is 7.10. The van der Waals surface area contributed by atoms with Crippen molar-refractivity contribution in [2.75, 3.05) is 5.32 Å². The first-order chi connectivity index (χ1) is 9.49. The van der Waals surface area contributed by atoms with Crippen molar-refractivity contribution in [3.05, 3.63) is 60.8 Å². The second-order valence-electron chi connectivity index (χ2n) is 4.10. The Kier molecular flexibility index (Phi) is 3.94. The molecule has 0 aliphatic rings. The Hall–Kier alpha value is -2.48. The molecular weight excluding hydrogens is 282 g/mol. The topological polar surface area (TPSA) is 98.3 Å². The van der Waals surface area contributed by atoms with Crippen LogP contribution in [0.3, 0.4) is 0 Å². The molecule has 1 atom stereocenters. The van der Waals surface area contributed by atoms with Gasteiger partial charge < -0.3 is 5.32 Å². The predicted octanol–water partition coefficient (Wildman–Crippen LogP) is 3.74. The monoisotopic (exact) mass is 293 g/mol. The molecule has 2 rings (SSSR count). The van der Waals surface area contributed by atoms with E-state index in [4.69, 9.17) is 0 Å². The molecule has 1 N–H and O–H groups in total. The van der Waals surface area contributed by atoms with Crippen LogP contribution in [-0.4, -0.2) is 9.85 Å². The molecule has 0 bridgehead atoms. The molecule has 7 nitrogen and oxygen atoms in total. The van der Waals surface area contributed by atoms with Gasteiger partial charge in [0, 0.05) is 10.9 Å². The first-order valence-corrected chi connectivity index (χ1v) is 6.60. The molecular formula is C12H11N3O4S. The van der Waals surface area contributed by atoms with Crippen LogP contribution in [0, 0.1) is 20.2 Å². The van der Waals surface area contributed by atoms with Gasteiger partial charge in [-0.25, -0.2) is 0 Å². The van der Waals surface area contributed by atoms with Gasteiger partial charge in [0.1, 0.15) is 5.69 Å². The summed E-state index contributed by atoms with van der Waals surface area (Å²) in [5.41, 5.74) is -0.338. The fraction of sp³-hybridized carbons (Fsp3) is 0.167. The van der Waals surface area contributed by atoms with Gasteiger partial charge in [-0.1, -0.05) is 6.07 Å². The molecule has 0 aliphatic heterocycles. The summed E-state index contributed by atoms with van der Waals surface area (Å²) in [4.78, 5) is 21.4. The number of anilines is 1. The van der Waals surface area contributed by atoms with Crippen molar-refractivity contribution >= 4 is 28.4 Å². The Morgan fingerprint density at radius 3 is 2.50 bits per heavy atom. The minimum atomic E-state index is -0.653. The van der Waals surface area contributed by atoms with Gasteiger partial charge in [-0.2, -0.15) is 0 Å². The normalized spacial score (nSPS) is 11.8. The molecule has 0 fully saturated rings. The average Bonchev–Trinajstić information content (AvgIpc) is 2.92. The van der Waals surface area contributed by atoms with Crippen molar-refractivity contribution in [3.8, 4) is 0 Å². The highest BCUT2D eigenvalue weighted by atomic mass is 32.1. The van der Waals surface area contributed by atoms with Crippen molar-refractivity contribution in [1.29, 1.82) is 0 Å². The van der Waals surface area contributed by atoms with Gasteiger partial charge >= 0.3 is 0 Å². The molecule has 1 aromatic heterocycles. The summed E-state index contributed by atoms with van der Waals surface area (Å²) in [5.74, 6) is 0. The van der Waals surface area contributed by atoms with E-state index in [0.717, 1.165) is 10.9 Å². The number of non-ortho nitro benzene ring substituents is 1. The fourth-order valence-electron chi connectivity index (χ4n) is 1.75. The quantitative estimate of drug-likeness (QED) is 0.668. The lowest BCUT2D eigenvalue weighted by atomic mass is 10.2. The first-order valence-electron chi connectivity index (χ1n) is 5.72. The number of hydrogen-bond donors (Lipinski definition) is 1. The number of nitrogens with zero attached hydrogens (tertiary/aromatic N) is 2.